The van der Waals surface area contributed by atoms with Gasteiger partial charge < -0.3 is 4.74 Å². The molecule has 1 heterocycles. The maximum absolute atomic E-state index is 13.9. The molecule has 18 heavy (non-hydrogen) atoms. The average molecular weight is 252 g/mol. The monoisotopic (exact) mass is 252 g/mol. The summed E-state index contributed by atoms with van der Waals surface area (Å²) in [4.78, 5) is 45.1. The van der Waals surface area contributed by atoms with Crippen LogP contribution in [-0.2, 0) is 4.74 Å². The first-order valence-corrected chi connectivity index (χ1v) is 4.81. The molecule has 0 bridgehead atoms. The van der Waals surface area contributed by atoms with Crippen LogP contribution in [0.15, 0.2) is 0 Å². The van der Waals surface area contributed by atoms with E-state index in [1.54, 1.807) is 0 Å². The van der Waals surface area contributed by atoms with E-state index in [2.05, 4.69) is 4.74 Å². The van der Waals surface area contributed by atoms with Crippen molar-refractivity contribution in [1.82, 2.24) is 0 Å². The van der Waals surface area contributed by atoms with Crippen molar-refractivity contribution in [3.8, 4) is 0 Å². The summed E-state index contributed by atoms with van der Waals surface area (Å²) in [5.41, 5.74) is -3.38. The number of rotatable bonds is 0. The van der Waals surface area contributed by atoms with Gasteiger partial charge >= 0.3 is 11.9 Å². The second kappa shape index (κ2) is 3.06. The number of ketones is 2. The lowest BCUT2D eigenvalue weighted by molar-refractivity contribution is 0.0440. The molecule has 0 aromatic heterocycles. The Morgan fingerprint density at radius 1 is 0.722 bits per heavy atom. The maximum atomic E-state index is 13.9. The Morgan fingerprint density at radius 2 is 1.11 bits per heavy atom. The first kappa shape index (κ1) is 10.7. The van der Waals surface area contributed by atoms with Crippen molar-refractivity contribution in [3.05, 3.63) is 33.9 Å². The van der Waals surface area contributed by atoms with E-state index in [0.717, 1.165) is 0 Å². The Bertz CT molecular complexity index is 577. The summed E-state index contributed by atoms with van der Waals surface area (Å²) >= 11 is 0. The molecule has 2 aliphatic rings. The molecular weight excluding hydrogens is 250 g/mol. The van der Waals surface area contributed by atoms with Crippen molar-refractivity contribution in [2.24, 2.45) is 0 Å². The van der Waals surface area contributed by atoms with E-state index in [0.29, 0.717) is 0 Å². The topological polar surface area (TPSA) is 77.5 Å². The molecule has 0 spiro atoms. The van der Waals surface area contributed by atoms with Gasteiger partial charge in [0.15, 0.2) is 11.6 Å². The Kier molecular flexibility index (Phi) is 1.82. The number of carbonyl (C=O) groups is 4. The molecule has 1 aliphatic heterocycles. The maximum Gasteiger partial charge on any atom is 0.350 e. The number of hydrogen-bond acceptors (Lipinski definition) is 5. The fourth-order valence-electron chi connectivity index (χ4n) is 2.10. The number of esters is 2. The SMILES string of the molecule is O=C1CC(=O)c2c(F)c3c(c(F)c21)C(=O)OC3=O. The van der Waals surface area contributed by atoms with E-state index in [9.17, 15) is 28.0 Å². The lowest BCUT2D eigenvalue weighted by Gasteiger charge is -2.04. The van der Waals surface area contributed by atoms with Gasteiger partial charge in [-0.25, -0.2) is 18.4 Å². The van der Waals surface area contributed by atoms with Crippen LogP contribution in [0.2, 0.25) is 0 Å². The van der Waals surface area contributed by atoms with Crippen molar-refractivity contribution < 1.29 is 32.7 Å². The van der Waals surface area contributed by atoms with Gasteiger partial charge in [0, 0.05) is 0 Å². The van der Waals surface area contributed by atoms with E-state index < -0.39 is 63.8 Å². The average Bonchev–Trinajstić information content (AvgIpc) is 2.73. The molecule has 3 rings (SSSR count). The van der Waals surface area contributed by atoms with Crippen LogP contribution in [0.1, 0.15) is 47.9 Å². The summed E-state index contributed by atoms with van der Waals surface area (Å²) < 4.78 is 31.9. The van der Waals surface area contributed by atoms with Crippen LogP contribution in [0.25, 0.3) is 0 Å². The first-order valence-electron chi connectivity index (χ1n) is 4.81. The van der Waals surface area contributed by atoms with Crippen LogP contribution in [0, 0.1) is 11.6 Å². The molecule has 0 fully saturated rings. The third kappa shape index (κ3) is 1.03. The number of benzene rings is 1. The Hall–Kier alpha value is -2.44. The Balaban J connectivity index is 2.51. The molecule has 0 saturated heterocycles. The molecule has 0 N–H and O–H groups in total. The quantitative estimate of drug-likeness (QED) is 0.509. The van der Waals surface area contributed by atoms with Gasteiger partial charge in [-0.05, 0) is 0 Å². The zero-order chi connectivity index (χ0) is 13.2. The molecule has 1 aromatic carbocycles. The van der Waals surface area contributed by atoms with Gasteiger partial charge in [-0.3, -0.25) is 9.59 Å². The van der Waals surface area contributed by atoms with Crippen LogP contribution >= 0.6 is 0 Å². The van der Waals surface area contributed by atoms with Crippen LogP contribution < -0.4 is 0 Å². The largest absolute Gasteiger partial charge is 0.385 e. The molecule has 0 amide bonds. The Labute approximate surface area is 97.3 Å². The van der Waals surface area contributed by atoms with Gasteiger partial charge in [0.1, 0.15) is 22.8 Å². The molecule has 90 valence electrons. The predicted octanol–water partition coefficient (Wildman–Crippen LogP) is 1.04. The normalized spacial score (nSPS) is 17.0. The minimum Gasteiger partial charge on any atom is -0.385 e. The summed E-state index contributed by atoms with van der Waals surface area (Å²) in [6, 6.07) is 0. The highest BCUT2D eigenvalue weighted by Gasteiger charge is 2.45. The Morgan fingerprint density at radius 3 is 1.50 bits per heavy atom. The molecule has 7 heteroatoms. The molecule has 5 nitrogen and oxygen atoms in total. The van der Waals surface area contributed by atoms with Crippen molar-refractivity contribution in [2.75, 3.05) is 0 Å². The van der Waals surface area contributed by atoms with Crippen LogP contribution in [0.5, 0.6) is 0 Å². The number of hydrogen-bond donors (Lipinski definition) is 0. The second-order valence-corrected chi connectivity index (χ2v) is 3.83. The van der Waals surface area contributed by atoms with Crippen LogP contribution in [0.4, 0.5) is 8.78 Å². The molecule has 1 aromatic rings. The number of ether oxygens (including phenoxy) is 1. The lowest BCUT2D eigenvalue weighted by atomic mass is 9.99. The van der Waals surface area contributed by atoms with Crippen molar-refractivity contribution in [1.29, 1.82) is 0 Å². The molecule has 0 saturated carbocycles. The predicted molar refractivity (Wildman–Crippen MR) is 49.4 cm³/mol. The zero-order valence-corrected chi connectivity index (χ0v) is 8.50. The minimum atomic E-state index is -1.37. The van der Waals surface area contributed by atoms with Crippen molar-refractivity contribution >= 4 is 23.5 Å². The van der Waals surface area contributed by atoms with Gasteiger partial charge in [0.25, 0.3) is 0 Å². The number of cyclic esters (lactones) is 2. The highest BCUT2D eigenvalue weighted by Crippen LogP contribution is 2.35. The summed E-state index contributed by atoms with van der Waals surface area (Å²) in [7, 11) is 0. The fourth-order valence-corrected chi connectivity index (χ4v) is 2.10. The van der Waals surface area contributed by atoms with Gasteiger partial charge in [-0.2, -0.15) is 0 Å². The van der Waals surface area contributed by atoms with Crippen molar-refractivity contribution in [2.45, 2.75) is 6.42 Å². The third-order valence-corrected chi connectivity index (χ3v) is 2.85. The second-order valence-electron chi connectivity index (χ2n) is 3.83. The highest BCUT2D eigenvalue weighted by molar-refractivity contribution is 6.27. The van der Waals surface area contributed by atoms with Crippen LogP contribution in [0.3, 0.4) is 0 Å². The molecular formula is C11H2F2O5. The summed E-state index contributed by atoms with van der Waals surface area (Å²) in [5, 5.41) is 0. The fraction of sp³-hybridized carbons (Fsp3) is 0.0909. The van der Waals surface area contributed by atoms with Gasteiger partial charge in [0.2, 0.25) is 0 Å². The van der Waals surface area contributed by atoms with Gasteiger partial charge in [0.05, 0.1) is 17.5 Å². The van der Waals surface area contributed by atoms with Crippen LogP contribution in [-0.4, -0.2) is 23.5 Å². The van der Waals surface area contributed by atoms with Gasteiger partial charge in [-0.1, -0.05) is 0 Å². The third-order valence-electron chi connectivity index (χ3n) is 2.85. The summed E-state index contributed by atoms with van der Waals surface area (Å²) in [5.74, 6) is -7.29. The number of carbonyl (C=O) groups excluding carboxylic acids is 4. The summed E-state index contributed by atoms with van der Waals surface area (Å²) in [6.07, 6.45) is -0.671. The van der Waals surface area contributed by atoms with E-state index >= 15 is 0 Å². The van der Waals surface area contributed by atoms with Crippen molar-refractivity contribution in [3.63, 3.8) is 0 Å². The highest BCUT2D eigenvalue weighted by atomic mass is 19.1. The number of halogens is 2. The standard InChI is InChI=1S/C11H2F2O5/c12-8-4-2(14)1-3(15)5(4)9(13)7-6(8)10(16)18-11(7)17/h1H2. The first-order chi connectivity index (χ1) is 8.43. The number of fused-ring (bicyclic) bond motifs is 2. The zero-order valence-electron chi connectivity index (χ0n) is 8.50. The van der Waals surface area contributed by atoms with Gasteiger partial charge in [-0.15, -0.1) is 0 Å². The van der Waals surface area contributed by atoms with E-state index in [4.69, 9.17) is 0 Å². The lowest BCUT2D eigenvalue weighted by Crippen LogP contribution is -2.09. The molecule has 1 aliphatic carbocycles. The number of Topliss-reactive ketones (excluding diaryl/α,β-unsaturated/α-hetero) is 2. The minimum absolute atomic E-state index is 0.671. The molecule has 0 radical (unpaired) electrons. The molecule has 0 unspecified atom stereocenters. The smallest absolute Gasteiger partial charge is 0.350 e. The van der Waals surface area contributed by atoms with E-state index in [1.165, 1.54) is 0 Å². The molecule has 0 atom stereocenters. The summed E-state index contributed by atoms with van der Waals surface area (Å²) in [6.45, 7) is 0. The van der Waals surface area contributed by atoms with E-state index in [-0.39, 0.29) is 0 Å². The van der Waals surface area contributed by atoms with E-state index in [1.807, 2.05) is 0 Å².